The summed E-state index contributed by atoms with van der Waals surface area (Å²) in [5, 5.41) is 4.81. The van der Waals surface area contributed by atoms with Gasteiger partial charge < -0.3 is 4.57 Å². The highest BCUT2D eigenvalue weighted by atomic mass is 32.1. The van der Waals surface area contributed by atoms with Crippen molar-refractivity contribution in [2.45, 2.75) is 0 Å². The van der Waals surface area contributed by atoms with Crippen LogP contribution in [0, 0.1) is 6.57 Å². The second-order valence-electron chi connectivity index (χ2n) is 14.3. The Morgan fingerprint density at radius 1 is 0.414 bits per heavy atom. The van der Waals surface area contributed by atoms with Crippen molar-refractivity contribution in [2.75, 3.05) is 0 Å². The van der Waals surface area contributed by atoms with E-state index in [2.05, 4.69) is 143 Å². The molecule has 0 fully saturated rings. The van der Waals surface area contributed by atoms with Gasteiger partial charge in [0, 0.05) is 47.6 Å². The van der Waals surface area contributed by atoms with Gasteiger partial charge in [0.05, 0.1) is 23.3 Å². The van der Waals surface area contributed by atoms with Crippen LogP contribution in [0.3, 0.4) is 0 Å². The first kappa shape index (κ1) is 33.6. The molecule has 3 aromatic heterocycles. The summed E-state index contributed by atoms with van der Waals surface area (Å²) in [5.41, 5.74) is 10.1. The topological polar surface area (TPSA) is 48.0 Å². The molecule has 58 heavy (non-hydrogen) atoms. The minimum Gasteiger partial charge on any atom is -0.309 e. The second-order valence-corrected chi connectivity index (χ2v) is 15.3. The second kappa shape index (κ2) is 13.8. The van der Waals surface area contributed by atoms with E-state index in [0.29, 0.717) is 23.2 Å². The molecule has 0 N–H and O–H groups in total. The molecule has 0 bridgehead atoms. The Morgan fingerprint density at radius 3 is 1.69 bits per heavy atom. The van der Waals surface area contributed by atoms with Crippen molar-refractivity contribution in [1.82, 2.24) is 19.5 Å². The molecule has 0 saturated carbocycles. The average Bonchev–Trinajstić information content (AvgIpc) is 3.85. The summed E-state index contributed by atoms with van der Waals surface area (Å²) < 4.78 is 4.81. The van der Waals surface area contributed by atoms with Crippen LogP contribution in [0.5, 0.6) is 0 Å². The normalized spacial score (nSPS) is 11.4. The fourth-order valence-electron chi connectivity index (χ4n) is 8.21. The van der Waals surface area contributed by atoms with Crippen LogP contribution in [0.2, 0.25) is 0 Å². The van der Waals surface area contributed by atoms with E-state index < -0.39 is 0 Å². The molecular formula is C52H31N5S. The number of para-hydroxylation sites is 2. The average molecular weight is 758 g/mol. The molecule has 8 aromatic carbocycles. The van der Waals surface area contributed by atoms with Crippen molar-refractivity contribution in [3.8, 4) is 62.1 Å². The number of hydrogen-bond acceptors (Lipinski definition) is 4. The van der Waals surface area contributed by atoms with Gasteiger partial charge in [-0.15, -0.1) is 11.3 Å². The zero-order chi connectivity index (χ0) is 38.6. The van der Waals surface area contributed by atoms with Crippen molar-refractivity contribution in [1.29, 1.82) is 0 Å². The lowest BCUT2D eigenvalue weighted by Crippen LogP contribution is -2.04. The van der Waals surface area contributed by atoms with Gasteiger partial charge in [-0.1, -0.05) is 152 Å². The summed E-state index contributed by atoms with van der Waals surface area (Å²) in [6, 6.07) is 64.9. The fraction of sp³-hybridized carbons (Fsp3) is 0. The Labute approximate surface area is 338 Å². The smallest absolute Gasteiger partial charge is 0.195 e. The van der Waals surface area contributed by atoms with Crippen LogP contribution in [0.15, 0.2) is 188 Å². The number of fused-ring (bicyclic) bond motifs is 6. The van der Waals surface area contributed by atoms with Crippen molar-refractivity contribution in [3.05, 3.63) is 199 Å². The van der Waals surface area contributed by atoms with Gasteiger partial charge in [-0.3, -0.25) is 0 Å². The van der Waals surface area contributed by atoms with Crippen LogP contribution >= 0.6 is 11.3 Å². The maximum atomic E-state index is 8.42. The molecule has 6 heteroatoms. The number of thiophene rings is 1. The van der Waals surface area contributed by atoms with E-state index in [4.69, 9.17) is 21.5 Å². The Bertz CT molecular complexity index is 3360. The summed E-state index contributed by atoms with van der Waals surface area (Å²) in [5.74, 6) is 1.60. The molecule has 0 aliphatic rings. The van der Waals surface area contributed by atoms with E-state index in [0.717, 1.165) is 60.9 Å². The summed E-state index contributed by atoms with van der Waals surface area (Å²) in [4.78, 5) is 19.8. The van der Waals surface area contributed by atoms with E-state index in [-0.39, 0.29) is 0 Å². The minimum atomic E-state index is 0.488. The Kier molecular flexibility index (Phi) is 7.99. The summed E-state index contributed by atoms with van der Waals surface area (Å²) in [6.07, 6.45) is 0. The lowest BCUT2D eigenvalue weighted by Gasteiger charge is -2.18. The van der Waals surface area contributed by atoms with Crippen LogP contribution in [0.25, 0.3) is 109 Å². The standard InChI is InChI=1S/C52H31N5S/c1-53-44-31-43(47(32-42(44)33-16-4-2-5-17-33)57-45-27-11-8-22-38(45)39-23-9-12-28-46(39)57)52-55-50(34-18-6-3-7-19-34)54-51(56-52)36-21-14-20-35(30-36)37-25-15-26-41-40-24-10-13-29-48(40)58-49(37)41/h2-32H. The monoisotopic (exact) mass is 757 g/mol. The third-order valence-electron chi connectivity index (χ3n) is 10.9. The van der Waals surface area contributed by atoms with Crippen molar-refractivity contribution in [2.24, 2.45) is 0 Å². The first-order chi connectivity index (χ1) is 28.7. The highest BCUT2D eigenvalue weighted by Gasteiger charge is 2.22. The number of nitrogens with zero attached hydrogens (tertiary/aromatic N) is 5. The fourth-order valence-corrected chi connectivity index (χ4v) is 9.44. The van der Waals surface area contributed by atoms with E-state index in [1.165, 1.54) is 25.7 Å². The molecule has 0 saturated heterocycles. The molecule has 5 nitrogen and oxygen atoms in total. The van der Waals surface area contributed by atoms with Gasteiger partial charge in [0.15, 0.2) is 23.2 Å². The highest BCUT2D eigenvalue weighted by Crippen LogP contribution is 2.43. The van der Waals surface area contributed by atoms with Crippen LogP contribution in [-0.4, -0.2) is 19.5 Å². The Morgan fingerprint density at radius 2 is 0.966 bits per heavy atom. The number of rotatable bonds is 6. The zero-order valence-electron chi connectivity index (χ0n) is 31.0. The number of aromatic nitrogens is 4. The SMILES string of the molecule is [C-]#[N+]c1cc(-c2nc(-c3ccccc3)nc(-c3cccc(-c4cccc5c4sc4ccccc45)c3)n2)c(-n2c3ccccc3c3ccccc32)cc1-c1ccccc1. The predicted octanol–water partition coefficient (Wildman–Crippen LogP) is 14.2. The van der Waals surface area contributed by atoms with Crippen LogP contribution in [-0.2, 0) is 0 Å². The first-order valence-electron chi connectivity index (χ1n) is 19.1. The molecule has 0 unspecified atom stereocenters. The Hall–Kier alpha value is -7.72. The van der Waals surface area contributed by atoms with E-state index in [9.17, 15) is 0 Å². The van der Waals surface area contributed by atoms with Crippen molar-refractivity contribution in [3.63, 3.8) is 0 Å². The van der Waals surface area contributed by atoms with Gasteiger partial charge in [0.2, 0.25) is 0 Å². The molecule has 0 aliphatic heterocycles. The van der Waals surface area contributed by atoms with E-state index >= 15 is 0 Å². The first-order valence-corrected chi connectivity index (χ1v) is 20.0. The maximum Gasteiger partial charge on any atom is 0.195 e. The lowest BCUT2D eigenvalue weighted by molar-refractivity contribution is 1.06. The predicted molar refractivity (Wildman–Crippen MR) is 240 cm³/mol. The van der Waals surface area contributed by atoms with Crippen molar-refractivity contribution < 1.29 is 0 Å². The third-order valence-corrected chi connectivity index (χ3v) is 12.1. The van der Waals surface area contributed by atoms with Crippen LogP contribution in [0.1, 0.15) is 0 Å². The van der Waals surface area contributed by atoms with Gasteiger partial charge >= 0.3 is 0 Å². The molecule has 0 spiro atoms. The molecule has 11 aromatic rings. The molecule has 11 rings (SSSR count). The largest absolute Gasteiger partial charge is 0.309 e. The lowest BCUT2D eigenvalue weighted by atomic mass is 9.99. The minimum absolute atomic E-state index is 0.488. The maximum absolute atomic E-state index is 8.42. The molecule has 0 aliphatic carbocycles. The van der Waals surface area contributed by atoms with E-state index in [1.54, 1.807) is 0 Å². The summed E-state index contributed by atoms with van der Waals surface area (Å²) >= 11 is 1.82. The molecule has 0 amide bonds. The van der Waals surface area contributed by atoms with Crippen molar-refractivity contribution >= 4 is 59.0 Å². The van der Waals surface area contributed by atoms with Crippen LogP contribution in [0.4, 0.5) is 5.69 Å². The van der Waals surface area contributed by atoms with Gasteiger partial charge in [-0.2, -0.15) is 0 Å². The van der Waals surface area contributed by atoms with Gasteiger partial charge in [0.1, 0.15) is 0 Å². The number of hydrogen-bond donors (Lipinski definition) is 0. The molecule has 3 heterocycles. The Balaban J connectivity index is 1.18. The van der Waals surface area contributed by atoms with Gasteiger partial charge in [-0.25, -0.2) is 19.8 Å². The third kappa shape index (κ3) is 5.56. The van der Waals surface area contributed by atoms with Crippen LogP contribution < -0.4 is 0 Å². The molecule has 0 radical (unpaired) electrons. The molecule has 0 atom stereocenters. The number of benzene rings is 8. The molecule has 270 valence electrons. The van der Waals surface area contributed by atoms with Gasteiger partial charge in [-0.05, 0) is 58.7 Å². The summed E-state index contributed by atoms with van der Waals surface area (Å²) in [6.45, 7) is 8.42. The zero-order valence-corrected chi connectivity index (χ0v) is 31.9. The summed E-state index contributed by atoms with van der Waals surface area (Å²) in [7, 11) is 0. The van der Waals surface area contributed by atoms with Gasteiger partial charge in [0.25, 0.3) is 0 Å². The van der Waals surface area contributed by atoms with E-state index in [1.807, 2.05) is 65.9 Å². The molecular weight excluding hydrogens is 727 g/mol. The highest BCUT2D eigenvalue weighted by molar-refractivity contribution is 7.26. The quantitative estimate of drug-likeness (QED) is 0.159.